The van der Waals surface area contributed by atoms with Gasteiger partial charge in [-0.25, -0.2) is 0 Å². The molecule has 2 rings (SSSR count). The van der Waals surface area contributed by atoms with Crippen LogP contribution < -0.4 is 10.6 Å². The molecule has 1 aromatic rings. The second kappa shape index (κ2) is 8.13. The van der Waals surface area contributed by atoms with Crippen LogP contribution in [0, 0.1) is 0 Å². The number of nitrogens with one attached hydrogen (secondary N) is 2. The van der Waals surface area contributed by atoms with Gasteiger partial charge < -0.3 is 15.4 Å². The van der Waals surface area contributed by atoms with Crippen molar-refractivity contribution in [1.29, 1.82) is 0 Å². The molecule has 1 unspecified atom stereocenters. The summed E-state index contributed by atoms with van der Waals surface area (Å²) in [6.07, 6.45) is 0.402. The van der Waals surface area contributed by atoms with Gasteiger partial charge in [0.2, 0.25) is 0 Å². The third-order valence-electron chi connectivity index (χ3n) is 3.24. The number of hydrogen-bond acceptors (Lipinski definition) is 3. The van der Waals surface area contributed by atoms with Gasteiger partial charge in [0.15, 0.2) is 0 Å². The number of carbonyl (C=O) groups is 1. The Labute approximate surface area is 140 Å². The zero-order chi connectivity index (χ0) is 14.6. The van der Waals surface area contributed by atoms with E-state index >= 15 is 0 Å². The first-order chi connectivity index (χ1) is 9.46. The second-order valence-corrected chi connectivity index (χ2v) is 6.66. The van der Waals surface area contributed by atoms with Crippen LogP contribution in [0.2, 0.25) is 0 Å². The maximum Gasteiger partial charge on any atom is 0.250 e. The number of hydrogen-bond donors (Lipinski definition) is 2. The van der Waals surface area contributed by atoms with Crippen molar-refractivity contribution >= 4 is 34.2 Å². The first-order valence-corrected chi connectivity index (χ1v) is 7.64. The van der Waals surface area contributed by atoms with E-state index in [9.17, 15) is 4.79 Å². The summed E-state index contributed by atoms with van der Waals surface area (Å²) in [5, 5.41) is 6.24. The van der Waals surface area contributed by atoms with E-state index in [-0.39, 0.29) is 30.0 Å². The Morgan fingerprint density at radius 1 is 1.43 bits per heavy atom. The molecule has 1 heterocycles. The van der Waals surface area contributed by atoms with Crippen molar-refractivity contribution in [3.8, 4) is 0 Å². The lowest BCUT2D eigenvalue weighted by Crippen LogP contribution is -2.54. The van der Waals surface area contributed by atoms with E-state index in [1.165, 1.54) is 5.56 Å². The van der Waals surface area contributed by atoms with Gasteiger partial charge in [0.25, 0.3) is 5.91 Å². The number of rotatable bonds is 4. The quantitative estimate of drug-likeness (QED) is 0.846. The average molecular weight is 378 g/mol. The van der Waals surface area contributed by atoms with Crippen LogP contribution in [0.15, 0.2) is 28.7 Å². The average Bonchev–Trinajstić information content (AvgIpc) is 2.41. The molecular formula is C15H22BrClN2O2. The van der Waals surface area contributed by atoms with Gasteiger partial charge in [-0.3, -0.25) is 4.79 Å². The molecule has 0 aromatic heterocycles. The van der Waals surface area contributed by atoms with Gasteiger partial charge in [-0.05, 0) is 38.0 Å². The molecule has 1 aliphatic heterocycles. The molecule has 1 saturated heterocycles. The molecule has 1 amide bonds. The first-order valence-electron chi connectivity index (χ1n) is 6.85. The van der Waals surface area contributed by atoms with Crippen molar-refractivity contribution < 1.29 is 9.53 Å². The van der Waals surface area contributed by atoms with Gasteiger partial charge in [0, 0.05) is 23.1 Å². The molecule has 1 aromatic carbocycles. The smallest absolute Gasteiger partial charge is 0.250 e. The lowest BCUT2D eigenvalue weighted by molar-refractivity contribution is -0.135. The molecule has 1 aliphatic rings. The molecular weight excluding hydrogens is 356 g/mol. The molecule has 0 radical (unpaired) electrons. The Morgan fingerprint density at radius 2 is 2.10 bits per heavy atom. The molecule has 6 heteroatoms. The third kappa shape index (κ3) is 5.94. The maximum atomic E-state index is 12.2. The molecule has 0 bridgehead atoms. The minimum Gasteiger partial charge on any atom is -0.366 e. The Hall–Kier alpha value is -0.620. The fourth-order valence-corrected chi connectivity index (χ4v) is 2.57. The van der Waals surface area contributed by atoms with Crippen molar-refractivity contribution in [2.75, 3.05) is 19.7 Å². The lowest BCUT2D eigenvalue weighted by Gasteiger charge is -2.30. The summed E-state index contributed by atoms with van der Waals surface area (Å²) >= 11 is 3.42. The van der Waals surface area contributed by atoms with E-state index in [0.29, 0.717) is 13.2 Å². The monoisotopic (exact) mass is 376 g/mol. The Morgan fingerprint density at radius 3 is 2.67 bits per heavy atom. The van der Waals surface area contributed by atoms with Crippen LogP contribution in [0.1, 0.15) is 19.4 Å². The lowest BCUT2D eigenvalue weighted by atomic mass is 9.94. The largest absolute Gasteiger partial charge is 0.366 e. The van der Waals surface area contributed by atoms with Crippen LogP contribution in [0.5, 0.6) is 0 Å². The summed E-state index contributed by atoms with van der Waals surface area (Å²) in [6.45, 7) is 6.05. The summed E-state index contributed by atoms with van der Waals surface area (Å²) in [7, 11) is 0. The van der Waals surface area contributed by atoms with Crippen molar-refractivity contribution in [2.45, 2.75) is 31.9 Å². The van der Waals surface area contributed by atoms with Gasteiger partial charge in [-0.15, -0.1) is 12.4 Å². The van der Waals surface area contributed by atoms with E-state index in [1.54, 1.807) is 0 Å². The van der Waals surface area contributed by atoms with E-state index in [2.05, 4.69) is 38.7 Å². The zero-order valence-electron chi connectivity index (χ0n) is 12.3. The van der Waals surface area contributed by atoms with Crippen LogP contribution in [0.25, 0.3) is 0 Å². The van der Waals surface area contributed by atoms with Crippen LogP contribution >= 0.6 is 28.3 Å². The van der Waals surface area contributed by atoms with Crippen molar-refractivity contribution in [1.82, 2.24) is 10.6 Å². The first kappa shape index (κ1) is 18.4. The van der Waals surface area contributed by atoms with Crippen molar-refractivity contribution in [3.05, 3.63) is 34.3 Å². The number of carbonyl (C=O) groups excluding carboxylic acids is 1. The molecule has 1 fully saturated rings. The molecule has 0 spiro atoms. The minimum atomic E-state index is -0.382. The molecule has 2 N–H and O–H groups in total. The van der Waals surface area contributed by atoms with E-state index in [4.69, 9.17) is 4.74 Å². The highest BCUT2D eigenvalue weighted by Gasteiger charge is 2.27. The minimum absolute atomic E-state index is 0. The van der Waals surface area contributed by atoms with Crippen LogP contribution in [0.4, 0.5) is 0 Å². The molecule has 21 heavy (non-hydrogen) atoms. The fraction of sp³-hybridized carbons (Fsp3) is 0.533. The Kier molecular flexibility index (Phi) is 7.13. The molecule has 1 atom stereocenters. The third-order valence-corrected chi connectivity index (χ3v) is 3.77. The van der Waals surface area contributed by atoms with Crippen LogP contribution in [-0.4, -0.2) is 37.2 Å². The van der Waals surface area contributed by atoms with Crippen LogP contribution in [0.3, 0.4) is 0 Å². The number of amides is 1. The maximum absolute atomic E-state index is 12.2. The summed E-state index contributed by atoms with van der Waals surface area (Å²) in [5.74, 6) is -0.0423. The number of morpholine rings is 1. The standard InChI is InChI=1S/C15H21BrN2O2.ClH/c1-15(2,9-11-3-5-12(16)6-4-11)18-14(19)13-10-17-7-8-20-13;/h3-6,13,17H,7-10H2,1-2H3,(H,18,19);1H. The van der Waals surface area contributed by atoms with Gasteiger partial charge >= 0.3 is 0 Å². The van der Waals surface area contributed by atoms with E-state index < -0.39 is 0 Å². The highest BCUT2D eigenvalue weighted by Crippen LogP contribution is 2.16. The molecule has 118 valence electrons. The predicted octanol–water partition coefficient (Wildman–Crippen LogP) is 2.30. The molecule has 0 saturated carbocycles. The summed E-state index contributed by atoms with van der Waals surface area (Å²) < 4.78 is 6.53. The number of halogens is 2. The highest BCUT2D eigenvalue weighted by atomic mass is 79.9. The number of ether oxygens (including phenoxy) is 1. The van der Waals surface area contributed by atoms with Gasteiger partial charge in [0.1, 0.15) is 6.10 Å². The number of benzene rings is 1. The second-order valence-electron chi connectivity index (χ2n) is 5.74. The van der Waals surface area contributed by atoms with Crippen molar-refractivity contribution in [3.63, 3.8) is 0 Å². The zero-order valence-corrected chi connectivity index (χ0v) is 14.7. The normalized spacial score (nSPS) is 18.7. The van der Waals surface area contributed by atoms with Crippen LogP contribution in [-0.2, 0) is 16.0 Å². The Bertz CT molecular complexity index is 459. The summed E-state index contributed by atoms with van der Waals surface area (Å²) in [5.41, 5.74) is 0.896. The van der Waals surface area contributed by atoms with E-state index in [1.807, 2.05) is 26.0 Å². The van der Waals surface area contributed by atoms with Gasteiger partial charge in [0.05, 0.1) is 6.61 Å². The van der Waals surface area contributed by atoms with Gasteiger partial charge in [-0.2, -0.15) is 0 Å². The molecule has 0 aliphatic carbocycles. The summed E-state index contributed by atoms with van der Waals surface area (Å²) in [4.78, 5) is 12.2. The van der Waals surface area contributed by atoms with Crippen molar-refractivity contribution in [2.24, 2.45) is 0 Å². The fourth-order valence-electron chi connectivity index (χ4n) is 2.30. The topological polar surface area (TPSA) is 50.4 Å². The SMILES string of the molecule is CC(C)(Cc1ccc(Br)cc1)NC(=O)C1CNCCO1.Cl. The van der Waals surface area contributed by atoms with E-state index in [0.717, 1.165) is 17.4 Å². The summed E-state index contributed by atoms with van der Waals surface area (Å²) in [6, 6.07) is 8.16. The predicted molar refractivity (Wildman–Crippen MR) is 89.9 cm³/mol. The van der Waals surface area contributed by atoms with Gasteiger partial charge in [-0.1, -0.05) is 28.1 Å². The molecule has 4 nitrogen and oxygen atoms in total. The Balaban J connectivity index is 0.00000220. The highest BCUT2D eigenvalue weighted by molar-refractivity contribution is 9.10.